The fourth-order valence-corrected chi connectivity index (χ4v) is 2.88. The van der Waals surface area contributed by atoms with E-state index in [4.69, 9.17) is 4.74 Å². The zero-order valence-corrected chi connectivity index (χ0v) is 18.5. The van der Waals surface area contributed by atoms with Gasteiger partial charge in [0.15, 0.2) is 5.96 Å². The molecular formula is C19H31IN4O3. The molecule has 0 saturated carbocycles. The Morgan fingerprint density at radius 1 is 1.19 bits per heavy atom. The van der Waals surface area contributed by atoms with Crippen molar-refractivity contribution in [2.24, 2.45) is 4.99 Å². The van der Waals surface area contributed by atoms with Gasteiger partial charge in [-0.05, 0) is 19.4 Å². The lowest BCUT2D eigenvalue weighted by Gasteiger charge is -2.36. The normalized spacial score (nSPS) is 15.7. The molecule has 2 rings (SSSR count). The quantitative estimate of drug-likeness (QED) is 0.362. The molecule has 1 saturated heterocycles. The van der Waals surface area contributed by atoms with E-state index >= 15 is 0 Å². The number of nitrogens with zero attached hydrogens (tertiary/aromatic N) is 3. The van der Waals surface area contributed by atoms with Gasteiger partial charge in [0.25, 0.3) is 0 Å². The summed E-state index contributed by atoms with van der Waals surface area (Å²) in [6.45, 7) is 7.92. The van der Waals surface area contributed by atoms with Crippen LogP contribution in [0.5, 0.6) is 0 Å². The second-order valence-corrected chi connectivity index (χ2v) is 6.21. The van der Waals surface area contributed by atoms with Gasteiger partial charge >= 0.3 is 6.09 Å². The average Bonchev–Trinajstić information content (AvgIpc) is 2.66. The van der Waals surface area contributed by atoms with E-state index in [0.717, 1.165) is 18.1 Å². The highest BCUT2D eigenvalue weighted by molar-refractivity contribution is 14.0. The fourth-order valence-electron chi connectivity index (χ4n) is 2.88. The van der Waals surface area contributed by atoms with Crippen LogP contribution in [0.3, 0.4) is 0 Å². The minimum atomic E-state index is -0.521. The van der Waals surface area contributed by atoms with E-state index in [-0.39, 0.29) is 30.1 Å². The Morgan fingerprint density at radius 2 is 1.81 bits per heavy atom. The summed E-state index contributed by atoms with van der Waals surface area (Å²) >= 11 is 0. The first-order valence-corrected chi connectivity index (χ1v) is 9.31. The zero-order chi connectivity index (χ0) is 18.8. The first-order valence-electron chi connectivity index (χ1n) is 9.31. The number of rotatable bonds is 6. The highest BCUT2D eigenvalue weighted by atomic mass is 127. The van der Waals surface area contributed by atoms with Crippen LogP contribution in [-0.2, 0) is 11.2 Å². The Hall–Kier alpha value is -1.55. The molecule has 8 heteroatoms. The third-order valence-electron chi connectivity index (χ3n) is 4.21. The summed E-state index contributed by atoms with van der Waals surface area (Å²) in [5, 5.41) is 13.5. The van der Waals surface area contributed by atoms with Crippen LogP contribution in [0.2, 0.25) is 0 Å². The summed E-state index contributed by atoms with van der Waals surface area (Å²) < 4.78 is 5.05. The maximum atomic E-state index is 11.8. The topological polar surface area (TPSA) is 77.4 Å². The number of guanidine groups is 1. The van der Waals surface area contributed by atoms with Crippen molar-refractivity contribution in [1.82, 2.24) is 15.1 Å². The van der Waals surface area contributed by atoms with Gasteiger partial charge in [-0.25, -0.2) is 4.79 Å². The number of ether oxygens (including phenoxy) is 1. The predicted octanol–water partition coefficient (Wildman–Crippen LogP) is 1.95. The molecule has 1 atom stereocenters. The number of aliphatic hydroxyl groups excluding tert-OH is 1. The number of amides is 1. The molecule has 1 fully saturated rings. The molecule has 0 radical (unpaired) electrons. The number of halogens is 1. The third-order valence-corrected chi connectivity index (χ3v) is 4.21. The van der Waals surface area contributed by atoms with Crippen LogP contribution in [0.15, 0.2) is 35.3 Å². The highest BCUT2D eigenvalue weighted by Crippen LogP contribution is 2.06. The molecule has 1 unspecified atom stereocenters. The molecule has 1 aromatic carbocycles. The molecule has 1 amide bonds. The maximum absolute atomic E-state index is 11.8. The van der Waals surface area contributed by atoms with E-state index < -0.39 is 6.10 Å². The van der Waals surface area contributed by atoms with Gasteiger partial charge in [-0.15, -0.1) is 24.0 Å². The molecule has 1 aromatic rings. The first-order chi connectivity index (χ1) is 12.6. The van der Waals surface area contributed by atoms with E-state index in [2.05, 4.69) is 15.2 Å². The SMILES string of the molecule is CCNC(=NCC(O)Cc1ccccc1)N1CCN(C(=O)OCC)CC1.I. The minimum absolute atomic E-state index is 0. The number of piperazine rings is 1. The number of carbonyl (C=O) groups is 1. The summed E-state index contributed by atoms with van der Waals surface area (Å²) in [4.78, 5) is 20.2. The summed E-state index contributed by atoms with van der Waals surface area (Å²) in [6, 6.07) is 9.92. The van der Waals surface area contributed by atoms with Crippen molar-refractivity contribution in [2.45, 2.75) is 26.4 Å². The Labute approximate surface area is 178 Å². The molecule has 0 bridgehead atoms. The van der Waals surface area contributed by atoms with Gasteiger partial charge in [0.2, 0.25) is 0 Å². The molecule has 1 aliphatic rings. The Bertz CT molecular complexity index is 578. The van der Waals surface area contributed by atoms with E-state index in [0.29, 0.717) is 45.8 Å². The smallest absolute Gasteiger partial charge is 0.409 e. The van der Waals surface area contributed by atoms with Gasteiger partial charge in [-0.1, -0.05) is 30.3 Å². The van der Waals surface area contributed by atoms with E-state index in [1.807, 2.05) is 44.2 Å². The third kappa shape index (κ3) is 7.92. The van der Waals surface area contributed by atoms with Gasteiger partial charge < -0.3 is 25.0 Å². The summed E-state index contributed by atoms with van der Waals surface area (Å²) in [5.74, 6) is 0.781. The average molecular weight is 490 g/mol. The van der Waals surface area contributed by atoms with Crippen molar-refractivity contribution in [2.75, 3.05) is 45.9 Å². The lowest BCUT2D eigenvalue weighted by molar-refractivity contribution is 0.0914. The largest absolute Gasteiger partial charge is 0.450 e. The van der Waals surface area contributed by atoms with Crippen LogP contribution in [0.4, 0.5) is 4.79 Å². The fraction of sp³-hybridized carbons (Fsp3) is 0.579. The molecule has 0 aromatic heterocycles. The number of aliphatic hydroxyl groups is 1. The first kappa shape index (κ1) is 23.5. The Balaban J connectivity index is 0.00000364. The molecular weight excluding hydrogens is 459 g/mol. The van der Waals surface area contributed by atoms with Crippen LogP contribution in [-0.4, -0.2) is 78.9 Å². The maximum Gasteiger partial charge on any atom is 0.409 e. The van der Waals surface area contributed by atoms with Gasteiger partial charge in [0.1, 0.15) is 0 Å². The molecule has 0 spiro atoms. The van der Waals surface area contributed by atoms with Crippen molar-refractivity contribution >= 4 is 36.0 Å². The molecule has 2 N–H and O–H groups in total. The molecule has 7 nitrogen and oxygen atoms in total. The number of aliphatic imine (C=N–C) groups is 1. The molecule has 1 aliphatic heterocycles. The number of benzene rings is 1. The number of nitrogens with one attached hydrogen (secondary N) is 1. The number of hydrogen-bond acceptors (Lipinski definition) is 4. The van der Waals surface area contributed by atoms with Crippen molar-refractivity contribution in [3.8, 4) is 0 Å². The Kier molecular flexibility index (Phi) is 11.1. The Morgan fingerprint density at radius 3 is 2.41 bits per heavy atom. The summed E-state index contributed by atoms with van der Waals surface area (Å²) in [6.07, 6.45) is -0.195. The van der Waals surface area contributed by atoms with Crippen LogP contribution < -0.4 is 5.32 Å². The highest BCUT2D eigenvalue weighted by Gasteiger charge is 2.23. The number of hydrogen-bond donors (Lipinski definition) is 2. The second kappa shape index (κ2) is 12.8. The molecule has 27 heavy (non-hydrogen) atoms. The van der Waals surface area contributed by atoms with Gasteiger partial charge in [-0.3, -0.25) is 4.99 Å². The van der Waals surface area contributed by atoms with E-state index in [1.165, 1.54) is 0 Å². The molecule has 1 heterocycles. The van der Waals surface area contributed by atoms with Gasteiger partial charge in [0, 0.05) is 39.1 Å². The van der Waals surface area contributed by atoms with Crippen molar-refractivity contribution in [1.29, 1.82) is 0 Å². The predicted molar refractivity (Wildman–Crippen MR) is 118 cm³/mol. The number of carbonyl (C=O) groups excluding carboxylic acids is 1. The van der Waals surface area contributed by atoms with Gasteiger partial charge in [-0.2, -0.15) is 0 Å². The van der Waals surface area contributed by atoms with E-state index in [9.17, 15) is 9.90 Å². The van der Waals surface area contributed by atoms with Crippen LogP contribution >= 0.6 is 24.0 Å². The lowest BCUT2D eigenvalue weighted by atomic mass is 10.1. The zero-order valence-electron chi connectivity index (χ0n) is 16.1. The standard InChI is InChI=1S/C19H30N4O3.HI/c1-3-20-18(21-15-17(24)14-16-8-6-5-7-9-16)22-10-12-23(13-11-22)19(25)26-4-2;/h5-9,17,24H,3-4,10-15H2,1-2H3,(H,20,21);1H. The lowest BCUT2D eigenvalue weighted by Crippen LogP contribution is -2.54. The van der Waals surface area contributed by atoms with Crippen molar-refractivity contribution in [3.63, 3.8) is 0 Å². The summed E-state index contributed by atoms with van der Waals surface area (Å²) in [7, 11) is 0. The molecule has 152 valence electrons. The van der Waals surface area contributed by atoms with Crippen molar-refractivity contribution in [3.05, 3.63) is 35.9 Å². The van der Waals surface area contributed by atoms with Gasteiger partial charge in [0.05, 0.1) is 19.3 Å². The van der Waals surface area contributed by atoms with Crippen LogP contribution in [0.1, 0.15) is 19.4 Å². The van der Waals surface area contributed by atoms with Crippen molar-refractivity contribution < 1.29 is 14.6 Å². The monoisotopic (exact) mass is 490 g/mol. The van der Waals surface area contributed by atoms with E-state index in [1.54, 1.807) is 4.90 Å². The second-order valence-electron chi connectivity index (χ2n) is 6.21. The summed E-state index contributed by atoms with van der Waals surface area (Å²) in [5.41, 5.74) is 1.10. The minimum Gasteiger partial charge on any atom is -0.450 e. The van der Waals surface area contributed by atoms with Crippen LogP contribution in [0, 0.1) is 0 Å². The van der Waals surface area contributed by atoms with Crippen LogP contribution in [0.25, 0.3) is 0 Å². The molecule has 0 aliphatic carbocycles.